The fourth-order valence-corrected chi connectivity index (χ4v) is 9.06. The van der Waals surface area contributed by atoms with Crippen molar-refractivity contribution in [2.75, 3.05) is 20.3 Å². The summed E-state index contributed by atoms with van der Waals surface area (Å²) in [6, 6.07) is 18.8. The lowest BCUT2D eigenvalue weighted by molar-refractivity contribution is -0.249. The van der Waals surface area contributed by atoms with Gasteiger partial charge in [-0.25, -0.2) is 4.79 Å². The highest BCUT2D eigenvalue weighted by molar-refractivity contribution is 6.31. The molecule has 0 spiro atoms. The van der Waals surface area contributed by atoms with Gasteiger partial charge in [0.05, 0.1) is 54.9 Å². The Balaban J connectivity index is 1.07. The monoisotopic (exact) mass is 865 g/mol. The van der Waals surface area contributed by atoms with Crippen LogP contribution in [-0.4, -0.2) is 111 Å². The number of nitrogens with one attached hydrogen (secondary N) is 1. The van der Waals surface area contributed by atoms with Crippen molar-refractivity contribution >= 4 is 35.4 Å². The molecule has 8 rings (SSSR count). The summed E-state index contributed by atoms with van der Waals surface area (Å²) in [4.78, 5) is 78.3. The number of hydrogen-bond donors (Lipinski definition) is 6. The minimum absolute atomic E-state index is 0.0142. The van der Waals surface area contributed by atoms with E-state index in [0.29, 0.717) is 0 Å². The Bertz CT molecular complexity index is 2520. The van der Waals surface area contributed by atoms with E-state index in [-0.39, 0.29) is 46.9 Å². The maximum absolute atomic E-state index is 14.1. The van der Waals surface area contributed by atoms with E-state index >= 15 is 0 Å². The van der Waals surface area contributed by atoms with Crippen LogP contribution in [0.2, 0.25) is 0 Å². The number of fused-ring (bicyclic) bond motifs is 6. The van der Waals surface area contributed by atoms with Crippen LogP contribution in [0.3, 0.4) is 0 Å². The molecule has 17 nitrogen and oxygen atoms in total. The number of methoxy groups -OCH3 is 1. The molecule has 0 unspecified atom stereocenters. The van der Waals surface area contributed by atoms with Crippen molar-refractivity contribution < 1.29 is 78.0 Å². The molecular formula is C46H43NO16. The number of carboxylic acid groups (broad SMARTS) is 1. The molecule has 1 fully saturated rings. The number of hydrogen-bond acceptors (Lipinski definition) is 15. The maximum Gasteiger partial charge on any atom is 0.407 e. The minimum atomic E-state index is -2.51. The van der Waals surface area contributed by atoms with Crippen LogP contribution < -0.4 is 10.1 Å². The zero-order valence-electron chi connectivity index (χ0n) is 34.0. The lowest BCUT2D eigenvalue weighted by atomic mass is 9.72. The molecule has 0 radical (unpaired) electrons. The van der Waals surface area contributed by atoms with E-state index in [2.05, 4.69) is 5.32 Å². The van der Waals surface area contributed by atoms with Crippen molar-refractivity contribution in [1.29, 1.82) is 0 Å². The quantitative estimate of drug-likeness (QED) is 0.0765. The van der Waals surface area contributed by atoms with Crippen molar-refractivity contribution in [2.24, 2.45) is 0 Å². The number of alkyl carbamates (subject to hydrolysis) is 1. The predicted molar refractivity (Wildman–Crippen MR) is 217 cm³/mol. The number of aliphatic hydroxyl groups excluding tert-OH is 1. The Morgan fingerprint density at radius 2 is 1.49 bits per heavy atom. The fraction of sp³-hybridized carbons (Fsp3) is 0.348. The third-order valence-corrected chi connectivity index (χ3v) is 12.2. The van der Waals surface area contributed by atoms with Gasteiger partial charge in [-0.2, -0.15) is 0 Å². The molecule has 0 saturated carbocycles. The first-order chi connectivity index (χ1) is 30.1. The molecule has 1 saturated heterocycles. The van der Waals surface area contributed by atoms with E-state index in [9.17, 15) is 49.2 Å². The highest BCUT2D eigenvalue weighted by Crippen LogP contribution is 2.53. The molecule has 328 valence electrons. The Kier molecular flexibility index (Phi) is 11.5. The number of phenolic OH excluding ortho intramolecular Hbond substituents is 2. The van der Waals surface area contributed by atoms with E-state index in [0.717, 1.165) is 22.3 Å². The average Bonchev–Trinajstić information content (AvgIpc) is 3.58. The van der Waals surface area contributed by atoms with E-state index in [4.69, 9.17) is 28.8 Å². The number of esters is 1. The number of amides is 1. The average molecular weight is 866 g/mol. The molecule has 1 amide bonds. The summed E-state index contributed by atoms with van der Waals surface area (Å²) in [6.45, 7) is 0.475. The van der Waals surface area contributed by atoms with Gasteiger partial charge in [-0.3, -0.25) is 24.0 Å². The maximum atomic E-state index is 14.1. The van der Waals surface area contributed by atoms with E-state index in [1.165, 1.54) is 32.2 Å². The third kappa shape index (κ3) is 7.77. The van der Waals surface area contributed by atoms with E-state index < -0.39 is 127 Å². The molecule has 3 aliphatic carbocycles. The van der Waals surface area contributed by atoms with Gasteiger partial charge in [0.1, 0.15) is 35.6 Å². The Morgan fingerprint density at radius 1 is 0.841 bits per heavy atom. The number of benzene rings is 4. The lowest BCUT2D eigenvalue weighted by Crippen LogP contribution is -2.56. The number of rotatable bonds is 12. The lowest BCUT2D eigenvalue weighted by Gasteiger charge is -2.42. The van der Waals surface area contributed by atoms with Gasteiger partial charge in [0.25, 0.3) is 0 Å². The van der Waals surface area contributed by atoms with Crippen molar-refractivity contribution in [3.63, 3.8) is 0 Å². The number of phenols is 2. The fourth-order valence-electron chi connectivity index (χ4n) is 9.06. The molecule has 1 heterocycles. The number of carbonyl (C=O) groups is 6. The number of carbonyl (C=O) groups excluding carboxylic acids is 5. The molecule has 63 heavy (non-hydrogen) atoms. The minimum Gasteiger partial charge on any atom is -0.507 e. The summed E-state index contributed by atoms with van der Waals surface area (Å²) in [6.07, 6.45) is -8.86. The van der Waals surface area contributed by atoms with E-state index in [1.54, 1.807) is 0 Å². The number of aromatic hydroxyl groups is 2. The van der Waals surface area contributed by atoms with Gasteiger partial charge >= 0.3 is 18.0 Å². The van der Waals surface area contributed by atoms with Gasteiger partial charge in [-0.05, 0) is 35.2 Å². The van der Waals surface area contributed by atoms with Gasteiger partial charge in [-0.1, -0.05) is 60.7 Å². The normalized spacial score (nSPS) is 23.3. The third-order valence-electron chi connectivity index (χ3n) is 12.2. The number of Topliss-reactive ketones (excluding diaryl/α,β-unsaturated/α-hetero) is 1. The van der Waals surface area contributed by atoms with Gasteiger partial charge in [0.2, 0.25) is 11.6 Å². The number of carboxylic acids is 1. The molecule has 6 atom stereocenters. The summed E-state index contributed by atoms with van der Waals surface area (Å²) in [5, 5.41) is 58.5. The Hall–Kier alpha value is -6.66. The standard InChI is InChI=1S/C46H43NO16/c1-21-40(52)29(47-45(57)61-19-28-24-10-5-3-8-22(24)23-9-4-6-11-25(23)28)16-35(62-21)63-31-18-46(58,32(48)20-60-34(51)15-14-33(49)50)17-27-37(31)44(56)39-38(42(27)54)41(53)26-12-7-13-30(59-2)36(26)43(39)55/h3-13,21,28-29,31,35,40,52,54,56,58H,14-20H2,1-2H3,(H,47,57)(H,49,50)/t21-,29-,31-,35-,40+,46-/m0/s1. The first-order valence-electron chi connectivity index (χ1n) is 20.2. The summed E-state index contributed by atoms with van der Waals surface area (Å²) < 4.78 is 28.3. The smallest absolute Gasteiger partial charge is 0.407 e. The van der Waals surface area contributed by atoms with Gasteiger partial charge in [0.15, 0.2) is 18.7 Å². The SMILES string of the molecule is COc1cccc2c1C(=O)c1c(O)c3c(c(O)c1C2=O)C[C@@](O)(C(=O)COC(=O)CCC(=O)O)C[C@@H]3O[C@H]1C[C@H](NC(=O)OCC2c3ccccc3-c3ccccc32)[C@H](O)[C@H](C)O1. The number of aliphatic carboxylic acids is 1. The predicted octanol–water partition coefficient (Wildman–Crippen LogP) is 4.00. The van der Waals surface area contributed by atoms with Crippen LogP contribution in [0.1, 0.15) is 98.7 Å². The summed E-state index contributed by atoms with van der Waals surface area (Å²) in [7, 11) is 1.29. The zero-order valence-corrected chi connectivity index (χ0v) is 34.0. The second kappa shape index (κ2) is 16.9. The molecule has 4 aromatic rings. The topological polar surface area (TPSA) is 262 Å². The highest BCUT2D eigenvalue weighted by atomic mass is 16.7. The van der Waals surface area contributed by atoms with Crippen molar-refractivity contribution in [1.82, 2.24) is 5.32 Å². The number of ether oxygens (including phenoxy) is 5. The summed E-state index contributed by atoms with van der Waals surface area (Å²) >= 11 is 0. The van der Waals surface area contributed by atoms with Crippen LogP contribution in [0, 0.1) is 0 Å². The second-order valence-electron chi connectivity index (χ2n) is 16.0. The molecule has 6 N–H and O–H groups in total. The van der Waals surface area contributed by atoms with Crippen LogP contribution in [0.5, 0.6) is 17.2 Å². The van der Waals surface area contributed by atoms with Crippen molar-refractivity contribution in [3.8, 4) is 28.4 Å². The highest BCUT2D eigenvalue weighted by Gasteiger charge is 2.51. The first kappa shape index (κ1) is 43.0. The van der Waals surface area contributed by atoms with Gasteiger partial charge in [0, 0.05) is 41.9 Å². The van der Waals surface area contributed by atoms with Crippen LogP contribution in [-0.2, 0) is 39.8 Å². The molecule has 0 aromatic heterocycles. The number of aliphatic hydroxyl groups is 2. The summed E-state index contributed by atoms with van der Waals surface area (Å²) in [5.41, 5.74) is -0.522. The zero-order chi connectivity index (χ0) is 44.9. The van der Waals surface area contributed by atoms with Crippen LogP contribution in [0.15, 0.2) is 66.7 Å². The van der Waals surface area contributed by atoms with E-state index in [1.807, 2.05) is 48.5 Å². The van der Waals surface area contributed by atoms with Crippen LogP contribution >= 0.6 is 0 Å². The number of ketones is 3. The van der Waals surface area contributed by atoms with Crippen molar-refractivity contribution in [2.45, 2.75) is 81.2 Å². The molecule has 0 bridgehead atoms. The van der Waals surface area contributed by atoms with Crippen molar-refractivity contribution in [3.05, 3.63) is 111 Å². The first-order valence-corrected chi connectivity index (χ1v) is 20.2. The Labute approximate surface area is 359 Å². The van der Waals surface area contributed by atoms with Gasteiger partial charge < -0.3 is 54.5 Å². The van der Waals surface area contributed by atoms with Crippen LogP contribution in [0.25, 0.3) is 11.1 Å². The summed E-state index contributed by atoms with van der Waals surface area (Å²) in [5.74, 6) is -6.98. The molecule has 17 heteroatoms. The second-order valence-corrected chi connectivity index (χ2v) is 16.0. The molecule has 4 aliphatic rings. The largest absolute Gasteiger partial charge is 0.507 e. The van der Waals surface area contributed by atoms with Crippen LogP contribution in [0.4, 0.5) is 4.79 Å². The Morgan fingerprint density at radius 3 is 2.16 bits per heavy atom. The molecule has 1 aliphatic heterocycles. The molecule has 4 aromatic carbocycles. The van der Waals surface area contributed by atoms with Gasteiger partial charge in [-0.15, -0.1) is 0 Å². The molecular weight excluding hydrogens is 822 g/mol.